The first-order valence-electron chi connectivity index (χ1n) is 6.66. The van der Waals surface area contributed by atoms with E-state index in [4.69, 9.17) is 5.84 Å². The summed E-state index contributed by atoms with van der Waals surface area (Å²) >= 11 is 0. The molecule has 1 saturated heterocycles. The molecule has 0 radical (unpaired) electrons. The molecule has 0 bridgehead atoms. The molecule has 8 heteroatoms. The topological polar surface area (TPSA) is 122 Å². The molecule has 1 aromatic rings. The van der Waals surface area contributed by atoms with Crippen molar-refractivity contribution in [1.29, 1.82) is 0 Å². The second-order valence-electron chi connectivity index (χ2n) is 5.17. The minimum absolute atomic E-state index is 0.00157. The molecule has 0 spiro atoms. The number of anilines is 1. The van der Waals surface area contributed by atoms with Crippen molar-refractivity contribution in [3.05, 3.63) is 33.9 Å². The lowest BCUT2D eigenvalue weighted by atomic mass is 10.0. The number of likely N-dealkylation sites (tertiary alicyclic amines) is 1. The Hall–Kier alpha value is -2.19. The Kier molecular flexibility index (Phi) is 4.39. The summed E-state index contributed by atoms with van der Waals surface area (Å²) in [7, 11) is 0. The van der Waals surface area contributed by atoms with Crippen molar-refractivity contribution in [2.75, 3.05) is 18.5 Å². The van der Waals surface area contributed by atoms with Crippen LogP contribution in [0.2, 0.25) is 0 Å². The fourth-order valence-electron chi connectivity index (χ4n) is 2.49. The van der Waals surface area contributed by atoms with E-state index in [9.17, 15) is 20.0 Å². The molecule has 2 rings (SSSR count). The lowest BCUT2D eigenvalue weighted by Gasteiger charge is -2.18. The van der Waals surface area contributed by atoms with Crippen molar-refractivity contribution >= 4 is 17.3 Å². The fourth-order valence-corrected chi connectivity index (χ4v) is 2.49. The van der Waals surface area contributed by atoms with Gasteiger partial charge in [-0.3, -0.25) is 20.8 Å². The number of hydrogen-bond acceptors (Lipinski definition) is 6. The van der Waals surface area contributed by atoms with Crippen molar-refractivity contribution in [1.82, 2.24) is 4.90 Å². The number of aliphatic hydroxyl groups is 1. The number of carbonyl (C=O) groups is 1. The van der Waals surface area contributed by atoms with Gasteiger partial charge in [-0.1, -0.05) is 0 Å². The van der Waals surface area contributed by atoms with Gasteiger partial charge in [0.2, 0.25) is 0 Å². The van der Waals surface area contributed by atoms with Crippen molar-refractivity contribution in [2.24, 2.45) is 11.8 Å². The molecule has 1 fully saturated rings. The van der Waals surface area contributed by atoms with Gasteiger partial charge in [-0.15, -0.1) is 0 Å². The van der Waals surface area contributed by atoms with Gasteiger partial charge in [-0.05, 0) is 25.5 Å². The van der Waals surface area contributed by atoms with Gasteiger partial charge in [0.15, 0.2) is 0 Å². The lowest BCUT2D eigenvalue weighted by Crippen LogP contribution is -2.31. The Morgan fingerprint density at radius 2 is 2.33 bits per heavy atom. The maximum absolute atomic E-state index is 12.5. The number of benzene rings is 1. The minimum Gasteiger partial charge on any atom is -0.393 e. The number of hydrogen-bond donors (Lipinski definition) is 3. The third kappa shape index (κ3) is 3.11. The number of nitrogen functional groups attached to an aromatic ring is 1. The highest BCUT2D eigenvalue weighted by Crippen LogP contribution is 2.27. The normalized spacial score (nSPS) is 19.4. The van der Waals surface area contributed by atoms with E-state index in [0.29, 0.717) is 25.2 Å². The van der Waals surface area contributed by atoms with Crippen molar-refractivity contribution < 1.29 is 14.8 Å². The Morgan fingerprint density at radius 3 is 2.86 bits per heavy atom. The van der Waals surface area contributed by atoms with E-state index in [0.717, 1.165) is 0 Å². The number of hydrazine groups is 1. The van der Waals surface area contributed by atoms with E-state index < -0.39 is 16.9 Å². The Morgan fingerprint density at radius 1 is 1.62 bits per heavy atom. The van der Waals surface area contributed by atoms with Gasteiger partial charge in [-0.2, -0.15) is 0 Å². The number of carbonyl (C=O) groups excluding carboxylic acids is 1. The molecule has 8 nitrogen and oxygen atoms in total. The molecule has 1 aromatic carbocycles. The van der Waals surface area contributed by atoms with E-state index >= 15 is 0 Å². The monoisotopic (exact) mass is 294 g/mol. The summed E-state index contributed by atoms with van der Waals surface area (Å²) in [6.45, 7) is 2.56. The highest BCUT2D eigenvalue weighted by molar-refractivity contribution is 5.99. The van der Waals surface area contributed by atoms with Crippen LogP contribution in [0.5, 0.6) is 0 Å². The number of nitro groups is 1. The zero-order valence-corrected chi connectivity index (χ0v) is 11.7. The summed E-state index contributed by atoms with van der Waals surface area (Å²) in [5, 5.41) is 20.6. The van der Waals surface area contributed by atoms with Gasteiger partial charge >= 0.3 is 0 Å². The third-order valence-electron chi connectivity index (χ3n) is 3.78. The molecule has 21 heavy (non-hydrogen) atoms. The van der Waals surface area contributed by atoms with Crippen LogP contribution in [0.1, 0.15) is 23.7 Å². The average molecular weight is 294 g/mol. The van der Waals surface area contributed by atoms with E-state index in [1.165, 1.54) is 23.1 Å². The number of nitrogens with two attached hydrogens (primary N) is 1. The first kappa shape index (κ1) is 15.2. The summed E-state index contributed by atoms with van der Waals surface area (Å²) in [4.78, 5) is 24.5. The van der Waals surface area contributed by atoms with Crippen molar-refractivity contribution in [3.8, 4) is 0 Å². The van der Waals surface area contributed by atoms with E-state index in [1.54, 1.807) is 6.92 Å². The van der Waals surface area contributed by atoms with Crippen LogP contribution in [0.25, 0.3) is 0 Å². The predicted octanol–water partition coefficient (Wildman–Crippen LogP) is 0.723. The Labute approximate surface area is 121 Å². The summed E-state index contributed by atoms with van der Waals surface area (Å²) < 4.78 is 0. The molecule has 2 unspecified atom stereocenters. The Balaban J connectivity index is 2.28. The number of rotatable bonds is 4. The molecule has 0 saturated carbocycles. The molecular weight excluding hydrogens is 276 g/mol. The van der Waals surface area contributed by atoms with Crippen LogP contribution in [0, 0.1) is 16.0 Å². The number of nitrogens with zero attached hydrogens (tertiary/aromatic N) is 2. The SMILES string of the molecule is CC(O)C1CCN(C(=O)c2cc(NN)ccc2[N+](=O)[O-])C1. The average Bonchev–Trinajstić information content (AvgIpc) is 2.95. The highest BCUT2D eigenvalue weighted by Gasteiger charge is 2.32. The van der Waals surface area contributed by atoms with Crippen LogP contribution in [-0.4, -0.2) is 40.0 Å². The van der Waals surface area contributed by atoms with Gasteiger partial charge in [0, 0.05) is 30.8 Å². The van der Waals surface area contributed by atoms with Crippen LogP contribution in [0.3, 0.4) is 0 Å². The number of amides is 1. The summed E-state index contributed by atoms with van der Waals surface area (Å²) in [6, 6.07) is 4.07. The second-order valence-corrected chi connectivity index (χ2v) is 5.17. The van der Waals surface area contributed by atoms with Crippen LogP contribution in [0.4, 0.5) is 11.4 Å². The lowest BCUT2D eigenvalue weighted by molar-refractivity contribution is -0.385. The number of nitrogens with one attached hydrogen (secondary N) is 1. The second kappa shape index (κ2) is 6.06. The first-order valence-corrected chi connectivity index (χ1v) is 6.66. The molecule has 0 aromatic heterocycles. The molecular formula is C13H18N4O4. The minimum atomic E-state index is -0.588. The van der Waals surface area contributed by atoms with Crippen LogP contribution >= 0.6 is 0 Å². The van der Waals surface area contributed by atoms with Crippen LogP contribution in [0.15, 0.2) is 18.2 Å². The number of nitro benzene ring substituents is 1. The molecule has 2 atom stereocenters. The molecule has 1 aliphatic rings. The largest absolute Gasteiger partial charge is 0.393 e. The van der Waals surface area contributed by atoms with Gasteiger partial charge in [0.05, 0.1) is 11.0 Å². The zero-order valence-electron chi connectivity index (χ0n) is 11.7. The smallest absolute Gasteiger partial charge is 0.282 e. The standard InChI is InChI=1S/C13H18N4O4/c1-8(18)9-4-5-16(7-9)13(19)11-6-10(15-14)2-3-12(11)17(20)21/h2-3,6,8-9,15,18H,4-5,7,14H2,1H3. The van der Waals surface area contributed by atoms with E-state index in [1.807, 2.05) is 0 Å². The van der Waals surface area contributed by atoms with Gasteiger partial charge in [0.1, 0.15) is 5.56 Å². The molecule has 1 heterocycles. The van der Waals surface area contributed by atoms with Crippen molar-refractivity contribution in [3.63, 3.8) is 0 Å². The summed E-state index contributed by atoms with van der Waals surface area (Å²) in [6.07, 6.45) is 0.182. The zero-order chi connectivity index (χ0) is 15.6. The fraction of sp³-hybridized carbons (Fsp3) is 0.462. The quantitative estimate of drug-likeness (QED) is 0.427. The Bertz CT molecular complexity index is 561. The van der Waals surface area contributed by atoms with Gasteiger partial charge in [0.25, 0.3) is 11.6 Å². The summed E-state index contributed by atoms with van der Waals surface area (Å²) in [5.74, 6) is 4.87. The molecule has 4 N–H and O–H groups in total. The maximum atomic E-state index is 12.5. The highest BCUT2D eigenvalue weighted by atomic mass is 16.6. The first-order chi connectivity index (χ1) is 9.93. The van der Waals surface area contributed by atoms with Gasteiger partial charge < -0.3 is 15.4 Å². The van der Waals surface area contributed by atoms with E-state index in [-0.39, 0.29) is 17.2 Å². The summed E-state index contributed by atoms with van der Waals surface area (Å²) in [5.41, 5.74) is 2.55. The van der Waals surface area contributed by atoms with Crippen LogP contribution in [-0.2, 0) is 0 Å². The molecule has 0 aliphatic carbocycles. The van der Waals surface area contributed by atoms with E-state index in [2.05, 4.69) is 5.43 Å². The van der Waals surface area contributed by atoms with Gasteiger partial charge in [-0.25, -0.2) is 0 Å². The third-order valence-corrected chi connectivity index (χ3v) is 3.78. The predicted molar refractivity (Wildman–Crippen MR) is 76.6 cm³/mol. The van der Waals surface area contributed by atoms with Crippen molar-refractivity contribution in [2.45, 2.75) is 19.4 Å². The molecule has 1 aliphatic heterocycles. The van der Waals surface area contributed by atoms with Crippen LogP contribution < -0.4 is 11.3 Å². The molecule has 114 valence electrons. The maximum Gasteiger partial charge on any atom is 0.282 e. The number of aliphatic hydroxyl groups excluding tert-OH is 1. The molecule has 1 amide bonds.